The molecule has 3 heteroatoms. The van der Waals surface area contributed by atoms with E-state index in [9.17, 15) is 4.57 Å². The molecule has 0 bridgehead atoms. The third-order valence-corrected chi connectivity index (χ3v) is 4.87. The lowest BCUT2D eigenvalue weighted by Gasteiger charge is -2.27. The molecule has 0 rings (SSSR count). The molecule has 0 saturated carbocycles. The van der Waals surface area contributed by atoms with Gasteiger partial charge in [-0.25, -0.2) is 0 Å². The van der Waals surface area contributed by atoms with Crippen LogP contribution in [0.25, 0.3) is 0 Å². The lowest BCUT2D eigenvalue weighted by atomic mass is 10.3. The second kappa shape index (κ2) is 3.73. The summed E-state index contributed by atoms with van der Waals surface area (Å²) in [5, 5.41) is -0.220. The van der Waals surface area contributed by atoms with Crippen LogP contribution >= 0.6 is 7.37 Å². The van der Waals surface area contributed by atoms with Crippen LogP contribution < -0.4 is 0 Å². The Morgan fingerprint density at radius 3 is 2.09 bits per heavy atom. The molecule has 1 unspecified atom stereocenters. The Balaban J connectivity index is 4.12. The molecule has 0 amide bonds. The molecule has 0 aromatic rings. The number of hydrogen-bond acceptors (Lipinski definition) is 2. The van der Waals surface area contributed by atoms with Gasteiger partial charge in [-0.2, -0.15) is 0 Å². The Morgan fingerprint density at radius 1 is 1.36 bits per heavy atom. The fraction of sp³-hybridized carbons (Fsp3) is 1.00. The van der Waals surface area contributed by atoms with E-state index in [1.54, 1.807) is 6.66 Å². The predicted molar refractivity (Wildman–Crippen MR) is 49.5 cm³/mol. The molecule has 11 heavy (non-hydrogen) atoms. The predicted octanol–water partition coefficient (Wildman–Crippen LogP) is 3.12. The van der Waals surface area contributed by atoms with Crippen LogP contribution in [-0.2, 0) is 9.09 Å². The Bertz CT molecular complexity index is 158. The molecular weight excluding hydrogens is 159 g/mol. The summed E-state index contributed by atoms with van der Waals surface area (Å²) in [6.07, 6.45) is 0.925. The second-order valence-corrected chi connectivity index (χ2v) is 7.14. The molecule has 0 aromatic heterocycles. The van der Waals surface area contributed by atoms with E-state index in [4.69, 9.17) is 4.52 Å². The summed E-state index contributed by atoms with van der Waals surface area (Å²) < 4.78 is 17.1. The lowest BCUT2D eigenvalue weighted by molar-refractivity contribution is 0.302. The van der Waals surface area contributed by atoms with Crippen LogP contribution in [0.3, 0.4) is 0 Å². The van der Waals surface area contributed by atoms with Crippen molar-refractivity contribution in [2.24, 2.45) is 0 Å². The third kappa shape index (κ3) is 3.39. The van der Waals surface area contributed by atoms with Crippen molar-refractivity contribution in [3.63, 3.8) is 0 Å². The smallest absolute Gasteiger partial charge is 0.205 e. The zero-order valence-corrected chi connectivity index (χ0v) is 9.07. The van der Waals surface area contributed by atoms with Crippen molar-refractivity contribution in [2.45, 2.75) is 39.3 Å². The highest BCUT2D eigenvalue weighted by molar-refractivity contribution is 7.59. The minimum absolute atomic E-state index is 0.220. The summed E-state index contributed by atoms with van der Waals surface area (Å²) in [5.41, 5.74) is 0. The third-order valence-electron chi connectivity index (χ3n) is 1.76. The molecule has 68 valence electrons. The molecule has 0 N–H and O–H groups in total. The maximum absolute atomic E-state index is 11.8. The molecule has 0 fully saturated rings. The topological polar surface area (TPSA) is 26.3 Å². The minimum atomic E-state index is -2.39. The summed E-state index contributed by atoms with van der Waals surface area (Å²) in [7, 11) is -2.39. The molecule has 1 atom stereocenters. The van der Waals surface area contributed by atoms with Crippen molar-refractivity contribution in [3.8, 4) is 0 Å². The Labute approximate surface area is 69.8 Å². The zero-order valence-electron chi connectivity index (χ0n) is 8.18. The molecule has 0 saturated heterocycles. The average Bonchev–Trinajstić information content (AvgIpc) is 1.81. The van der Waals surface area contributed by atoms with E-state index in [-0.39, 0.29) is 5.16 Å². The molecule has 0 spiro atoms. The van der Waals surface area contributed by atoms with Gasteiger partial charge in [-0.3, -0.25) is 4.57 Å². The maximum Gasteiger partial charge on any atom is 0.205 e. The standard InChI is InChI=1S/C8H19O2P/c1-6-7-10-11(5,9)8(2,3)4/h6-7H2,1-5H3. The van der Waals surface area contributed by atoms with Gasteiger partial charge in [0.2, 0.25) is 7.37 Å². The van der Waals surface area contributed by atoms with Crippen molar-refractivity contribution in [2.75, 3.05) is 13.3 Å². The van der Waals surface area contributed by atoms with Crippen LogP contribution in [0.5, 0.6) is 0 Å². The second-order valence-electron chi connectivity index (χ2n) is 3.85. The van der Waals surface area contributed by atoms with Gasteiger partial charge in [0.05, 0.1) is 6.61 Å². The highest BCUT2D eigenvalue weighted by Gasteiger charge is 2.32. The van der Waals surface area contributed by atoms with Crippen molar-refractivity contribution in [1.29, 1.82) is 0 Å². The van der Waals surface area contributed by atoms with E-state index < -0.39 is 7.37 Å². The van der Waals surface area contributed by atoms with Gasteiger partial charge >= 0.3 is 0 Å². The molecule has 0 aromatic carbocycles. The summed E-state index contributed by atoms with van der Waals surface area (Å²) in [5.74, 6) is 0. The fourth-order valence-corrected chi connectivity index (χ4v) is 1.38. The first-order chi connectivity index (χ1) is 4.81. The van der Waals surface area contributed by atoms with Gasteiger partial charge in [-0.05, 0) is 6.42 Å². The van der Waals surface area contributed by atoms with Crippen molar-refractivity contribution >= 4 is 7.37 Å². The van der Waals surface area contributed by atoms with Crippen LogP contribution in [0, 0.1) is 0 Å². The molecule has 0 heterocycles. The molecule has 0 aliphatic carbocycles. The van der Waals surface area contributed by atoms with Gasteiger partial charge in [0.1, 0.15) is 0 Å². The van der Waals surface area contributed by atoms with E-state index in [2.05, 4.69) is 0 Å². The van der Waals surface area contributed by atoms with Crippen molar-refractivity contribution < 1.29 is 9.09 Å². The van der Waals surface area contributed by atoms with E-state index >= 15 is 0 Å². The molecule has 2 nitrogen and oxygen atoms in total. The van der Waals surface area contributed by atoms with Crippen molar-refractivity contribution in [1.82, 2.24) is 0 Å². The fourth-order valence-electron chi connectivity index (χ4n) is 0.459. The summed E-state index contributed by atoms with van der Waals surface area (Å²) in [6.45, 7) is 10.2. The first-order valence-electron chi connectivity index (χ1n) is 4.03. The van der Waals surface area contributed by atoms with E-state index in [0.717, 1.165) is 6.42 Å². The summed E-state index contributed by atoms with van der Waals surface area (Å²) >= 11 is 0. The molecule has 0 radical (unpaired) electrons. The normalized spacial score (nSPS) is 17.9. The van der Waals surface area contributed by atoms with Crippen LogP contribution in [0.4, 0.5) is 0 Å². The van der Waals surface area contributed by atoms with Crippen molar-refractivity contribution in [3.05, 3.63) is 0 Å². The van der Waals surface area contributed by atoms with Gasteiger partial charge in [0, 0.05) is 11.8 Å². The number of rotatable bonds is 3. The van der Waals surface area contributed by atoms with Crippen LogP contribution in [0.2, 0.25) is 0 Å². The first kappa shape index (κ1) is 11.2. The van der Waals surface area contributed by atoms with Gasteiger partial charge in [0.25, 0.3) is 0 Å². The van der Waals surface area contributed by atoms with E-state index in [1.165, 1.54) is 0 Å². The molecule has 0 aliphatic rings. The SMILES string of the molecule is CCCOP(C)(=O)C(C)(C)C. The Hall–Kier alpha value is 0.190. The van der Waals surface area contributed by atoms with Gasteiger partial charge < -0.3 is 4.52 Å². The number of hydrogen-bond donors (Lipinski definition) is 0. The minimum Gasteiger partial charge on any atom is -0.328 e. The molecule has 0 aliphatic heterocycles. The lowest BCUT2D eigenvalue weighted by Crippen LogP contribution is -2.16. The van der Waals surface area contributed by atoms with Gasteiger partial charge in [-0.15, -0.1) is 0 Å². The maximum atomic E-state index is 11.8. The van der Waals surface area contributed by atoms with Gasteiger partial charge in [-0.1, -0.05) is 27.7 Å². The quantitative estimate of drug-likeness (QED) is 0.620. The Morgan fingerprint density at radius 2 is 1.82 bits per heavy atom. The van der Waals surface area contributed by atoms with E-state index in [1.807, 2.05) is 27.7 Å². The Kier molecular flexibility index (Phi) is 3.79. The van der Waals surface area contributed by atoms with Crippen LogP contribution in [-0.4, -0.2) is 18.4 Å². The van der Waals surface area contributed by atoms with E-state index in [0.29, 0.717) is 6.61 Å². The summed E-state index contributed by atoms with van der Waals surface area (Å²) in [4.78, 5) is 0. The zero-order chi connectivity index (χ0) is 9.12. The summed E-state index contributed by atoms with van der Waals surface area (Å²) in [6, 6.07) is 0. The molecular formula is C8H19O2P. The van der Waals surface area contributed by atoms with Crippen LogP contribution in [0.15, 0.2) is 0 Å². The largest absolute Gasteiger partial charge is 0.328 e. The van der Waals surface area contributed by atoms with Crippen LogP contribution in [0.1, 0.15) is 34.1 Å². The van der Waals surface area contributed by atoms with Gasteiger partial charge in [0.15, 0.2) is 0 Å². The highest BCUT2D eigenvalue weighted by Crippen LogP contribution is 2.55. The monoisotopic (exact) mass is 178 g/mol. The average molecular weight is 178 g/mol. The first-order valence-corrected chi connectivity index (χ1v) is 6.10. The highest BCUT2D eigenvalue weighted by atomic mass is 31.2.